The molecule has 0 aliphatic rings. The quantitative estimate of drug-likeness (QED) is 0.655. The van der Waals surface area contributed by atoms with E-state index in [9.17, 15) is 10.2 Å². The van der Waals surface area contributed by atoms with Crippen molar-refractivity contribution in [2.45, 2.75) is 30.6 Å². The summed E-state index contributed by atoms with van der Waals surface area (Å²) in [5, 5.41) is 25.5. The Morgan fingerprint density at radius 1 is 1.00 bits per heavy atom. The Labute approximate surface area is 151 Å². The van der Waals surface area contributed by atoms with E-state index in [4.69, 9.17) is 0 Å². The van der Waals surface area contributed by atoms with Gasteiger partial charge in [0.05, 0.1) is 6.10 Å². The number of aliphatic hydroxyl groups is 2. The van der Waals surface area contributed by atoms with Gasteiger partial charge in [-0.2, -0.15) is 0 Å². The van der Waals surface area contributed by atoms with Crippen LogP contribution in [-0.2, 0) is 5.60 Å². The first-order valence-electron chi connectivity index (χ1n) is 8.80. The molecule has 136 valence electrons. The molecule has 0 radical (unpaired) electrons. The van der Waals surface area contributed by atoms with Crippen LogP contribution in [0.4, 0.5) is 0 Å². The summed E-state index contributed by atoms with van der Waals surface area (Å²) in [5.41, 5.74) is 0.679. The van der Waals surface area contributed by atoms with E-state index in [0.29, 0.717) is 12.8 Å². The van der Waals surface area contributed by atoms with Crippen molar-refractivity contribution in [3.8, 4) is 0 Å². The smallest absolute Gasteiger partial charge is 0.106 e. The molecule has 0 fully saturated rings. The topological polar surface area (TPSA) is 55.7 Å². The molecule has 0 aromatic heterocycles. The number of nitrogens with one attached hydrogen (secondary N) is 1. The van der Waals surface area contributed by atoms with Gasteiger partial charge >= 0.3 is 0 Å². The summed E-state index contributed by atoms with van der Waals surface area (Å²) in [5.74, 6) is 0. The van der Waals surface area contributed by atoms with Crippen LogP contribution < -0.4 is 5.32 Å². The minimum absolute atomic E-state index is 0.273. The van der Waals surface area contributed by atoms with Gasteiger partial charge in [-0.25, -0.2) is 0 Å². The Morgan fingerprint density at radius 2 is 1.56 bits per heavy atom. The Bertz CT molecular complexity index is 618. The molecule has 0 saturated heterocycles. The van der Waals surface area contributed by atoms with Gasteiger partial charge in [0.1, 0.15) is 5.60 Å². The van der Waals surface area contributed by atoms with E-state index in [0.717, 1.165) is 17.7 Å². The zero-order valence-electron chi connectivity index (χ0n) is 15.4. The molecule has 4 nitrogen and oxygen atoms in total. The van der Waals surface area contributed by atoms with Crippen LogP contribution in [0, 0.1) is 0 Å². The third kappa shape index (κ3) is 5.13. The number of rotatable bonds is 9. The predicted molar refractivity (Wildman–Crippen MR) is 102 cm³/mol. The molecule has 0 aliphatic heterocycles. The lowest BCUT2D eigenvalue weighted by Crippen LogP contribution is -2.49. The lowest BCUT2D eigenvalue weighted by atomic mass is 9.80. The third-order valence-corrected chi connectivity index (χ3v) is 4.78. The largest absolute Gasteiger partial charge is 0.388 e. The van der Waals surface area contributed by atoms with Crippen LogP contribution in [0.5, 0.6) is 0 Å². The van der Waals surface area contributed by atoms with Crippen LogP contribution in [0.25, 0.3) is 0 Å². The van der Waals surface area contributed by atoms with Gasteiger partial charge in [0.15, 0.2) is 0 Å². The summed E-state index contributed by atoms with van der Waals surface area (Å²) < 4.78 is 0. The molecule has 2 rings (SSSR count). The molecule has 4 heteroatoms. The van der Waals surface area contributed by atoms with E-state index >= 15 is 0 Å². The van der Waals surface area contributed by atoms with Gasteiger partial charge in [-0.05, 0) is 45.1 Å². The highest BCUT2D eigenvalue weighted by molar-refractivity contribution is 5.25. The third-order valence-electron chi connectivity index (χ3n) is 4.78. The van der Waals surface area contributed by atoms with E-state index in [1.54, 1.807) is 0 Å². The number of nitrogens with zero attached hydrogens (tertiary/aromatic N) is 1. The van der Waals surface area contributed by atoms with Crippen molar-refractivity contribution in [3.63, 3.8) is 0 Å². The van der Waals surface area contributed by atoms with Gasteiger partial charge < -0.3 is 20.4 Å². The number of benzene rings is 2. The number of hydrogen-bond acceptors (Lipinski definition) is 4. The zero-order chi connectivity index (χ0) is 18.3. The van der Waals surface area contributed by atoms with E-state index in [-0.39, 0.29) is 6.04 Å². The maximum Gasteiger partial charge on any atom is 0.106 e. The number of aliphatic hydroxyl groups excluding tert-OH is 1. The van der Waals surface area contributed by atoms with E-state index in [1.807, 2.05) is 81.8 Å². The van der Waals surface area contributed by atoms with Crippen LogP contribution in [0.1, 0.15) is 30.1 Å². The minimum atomic E-state index is -1.06. The van der Waals surface area contributed by atoms with Crippen molar-refractivity contribution in [2.75, 3.05) is 27.7 Å². The number of likely N-dealkylation sites (N-methyl/N-ethyl adjacent to an activating group) is 1. The lowest BCUT2D eigenvalue weighted by molar-refractivity contribution is -0.0303. The Hall–Kier alpha value is -1.72. The maximum atomic E-state index is 11.6. The highest BCUT2D eigenvalue weighted by Gasteiger charge is 2.38. The molecular weight excluding hydrogens is 312 g/mol. The molecule has 3 N–H and O–H groups in total. The van der Waals surface area contributed by atoms with Gasteiger partial charge in [-0.3, -0.25) is 0 Å². The van der Waals surface area contributed by atoms with Crippen LogP contribution in [0.15, 0.2) is 60.7 Å². The second kappa shape index (κ2) is 9.11. The van der Waals surface area contributed by atoms with Crippen molar-refractivity contribution in [3.05, 3.63) is 71.8 Å². The summed E-state index contributed by atoms with van der Waals surface area (Å²) in [6.07, 6.45) is 0.379. The predicted octanol–water partition coefficient (Wildman–Crippen LogP) is 2.54. The van der Waals surface area contributed by atoms with Gasteiger partial charge in [0.25, 0.3) is 0 Å². The Kier molecular flexibility index (Phi) is 7.14. The van der Waals surface area contributed by atoms with Crippen molar-refractivity contribution >= 4 is 0 Å². The fourth-order valence-corrected chi connectivity index (χ4v) is 3.23. The van der Waals surface area contributed by atoms with Gasteiger partial charge in [-0.1, -0.05) is 60.7 Å². The fourth-order valence-electron chi connectivity index (χ4n) is 3.23. The minimum Gasteiger partial charge on any atom is -0.388 e. The molecule has 0 spiro atoms. The zero-order valence-corrected chi connectivity index (χ0v) is 15.4. The molecular formula is C21H30N2O2. The number of hydrogen-bond donors (Lipinski definition) is 3. The second-order valence-electron chi connectivity index (χ2n) is 6.85. The second-order valence-corrected chi connectivity index (χ2v) is 6.85. The van der Waals surface area contributed by atoms with Gasteiger partial charge in [0.2, 0.25) is 0 Å². The Morgan fingerprint density at radius 3 is 2.08 bits per heavy atom. The van der Waals surface area contributed by atoms with E-state index in [1.165, 1.54) is 0 Å². The Balaban J connectivity index is 2.26. The molecule has 3 atom stereocenters. The maximum absolute atomic E-state index is 11.6. The van der Waals surface area contributed by atoms with E-state index < -0.39 is 11.7 Å². The van der Waals surface area contributed by atoms with E-state index in [2.05, 4.69) is 10.2 Å². The molecule has 2 aromatic carbocycles. The molecule has 0 heterocycles. The molecule has 0 bridgehead atoms. The molecule has 0 saturated carbocycles. The normalized spacial score (nSPS) is 16.4. The molecule has 2 aromatic rings. The summed E-state index contributed by atoms with van der Waals surface area (Å²) in [6.45, 7) is 0.755. The first kappa shape index (κ1) is 19.6. The summed E-state index contributed by atoms with van der Waals surface area (Å²) in [7, 11) is 5.84. The average molecular weight is 342 g/mol. The molecule has 25 heavy (non-hydrogen) atoms. The van der Waals surface area contributed by atoms with Gasteiger partial charge in [-0.15, -0.1) is 0 Å². The highest BCUT2D eigenvalue weighted by atomic mass is 16.3. The van der Waals surface area contributed by atoms with Crippen molar-refractivity contribution in [1.82, 2.24) is 10.2 Å². The van der Waals surface area contributed by atoms with Crippen LogP contribution in [-0.4, -0.2) is 48.8 Å². The lowest BCUT2D eigenvalue weighted by Gasteiger charge is -2.38. The first-order valence-corrected chi connectivity index (χ1v) is 8.80. The SMILES string of the molecule is CNC(C[C@H](O)c1ccccc1)C(O)(CCN(C)C)c1ccccc1. The van der Waals surface area contributed by atoms with Gasteiger partial charge in [0, 0.05) is 12.6 Å². The summed E-state index contributed by atoms with van der Waals surface area (Å²) in [6, 6.07) is 19.1. The standard InChI is InChI=1S/C21H30N2O2/c1-22-20(16-19(24)17-10-6-4-7-11-17)21(25,14-15-23(2)3)18-12-8-5-9-13-18/h4-13,19-20,22,24-25H,14-16H2,1-3H3/t19-,20?,21?/m0/s1. The molecule has 0 amide bonds. The van der Waals surface area contributed by atoms with Crippen LogP contribution in [0.2, 0.25) is 0 Å². The van der Waals surface area contributed by atoms with Crippen molar-refractivity contribution in [1.29, 1.82) is 0 Å². The summed E-state index contributed by atoms with van der Waals surface area (Å²) >= 11 is 0. The highest BCUT2D eigenvalue weighted by Crippen LogP contribution is 2.33. The van der Waals surface area contributed by atoms with Crippen molar-refractivity contribution < 1.29 is 10.2 Å². The molecule has 2 unspecified atom stereocenters. The first-order chi connectivity index (χ1) is 12.0. The van der Waals surface area contributed by atoms with Crippen LogP contribution in [0.3, 0.4) is 0 Å². The fraction of sp³-hybridized carbons (Fsp3) is 0.429. The molecule has 0 aliphatic carbocycles. The van der Waals surface area contributed by atoms with Crippen molar-refractivity contribution in [2.24, 2.45) is 0 Å². The average Bonchev–Trinajstić information content (AvgIpc) is 2.65. The van der Waals surface area contributed by atoms with Crippen LogP contribution >= 0.6 is 0 Å². The summed E-state index contributed by atoms with van der Waals surface area (Å²) in [4.78, 5) is 2.06. The monoisotopic (exact) mass is 342 g/mol.